The Hall–Kier alpha value is -1.48. The van der Waals surface area contributed by atoms with Crippen LogP contribution in [0, 0.1) is 5.92 Å². The normalized spacial score (nSPS) is 15.5. The van der Waals surface area contributed by atoms with Crippen LogP contribution in [0.15, 0.2) is 29.4 Å². The molecule has 0 bridgehead atoms. The first-order valence-corrected chi connectivity index (χ1v) is 9.29. The van der Waals surface area contributed by atoms with E-state index >= 15 is 0 Å². The number of carbonyl (C=O) groups excluding carboxylic acids is 1. The first-order valence-electron chi connectivity index (χ1n) is 8.91. The number of aromatic amines is 1. The Morgan fingerprint density at radius 2 is 2.15 bits per heavy atom. The van der Waals surface area contributed by atoms with Crippen LogP contribution >= 0.6 is 35.6 Å². The molecule has 0 saturated carbocycles. The predicted octanol–water partition coefficient (Wildman–Crippen LogP) is 3.44. The first-order chi connectivity index (χ1) is 12.6. The van der Waals surface area contributed by atoms with E-state index in [4.69, 9.17) is 16.3 Å². The summed E-state index contributed by atoms with van der Waals surface area (Å²) in [5.41, 5.74) is 2.33. The average Bonchev–Trinajstić information content (AvgIpc) is 3.07. The van der Waals surface area contributed by atoms with E-state index in [-0.39, 0.29) is 35.9 Å². The minimum atomic E-state index is -0.106. The van der Waals surface area contributed by atoms with Crippen LogP contribution in [0.2, 0.25) is 5.02 Å². The largest absolute Gasteiger partial charge is 0.469 e. The summed E-state index contributed by atoms with van der Waals surface area (Å²) in [7, 11) is 3.24. The van der Waals surface area contributed by atoms with Gasteiger partial charge in [0.1, 0.15) is 0 Å². The number of ether oxygens (including phenoxy) is 1. The van der Waals surface area contributed by atoms with Crippen molar-refractivity contribution in [3.05, 3.63) is 35.0 Å². The molecule has 148 valence electrons. The molecule has 1 aliphatic rings. The second-order valence-corrected chi connectivity index (χ2v) is 6.95. The lowest BCUT2D eigenvalue weighted by atomic mass is 9.97. The summed E-state index contributed by atoms with van der Waals surface area (Å²) >= 11 is 6.11. The lowest BCUT2D eigenvalue weighted by Crippen LogP contribution is -2.47. The average molecular weight is 505 g/mol. The van der Waals surface area contributed by atoms with Crippen molar-refractivity contribution >= 4 is 58.4 Å². The van der Waals surface area contributed by atoms with Crippen LogP contribution in [0.5, 0.6) is 0 Å². The number of H-pyrrole nitrogens is 1. The maximum atomic E-state index is 11.6. The van der Waals surface area contributed by atoms with Gasteiger partial charge in [-0.3, -0.25) is 9.79 Å². The third-order valence-corrected chi connectivity index (χ3v) is 5.18. The Kier molecular flexibility index (Phi) is 8.22. The number of piperidine rings is 1. The van der Waals surface area contributed by atoms with Gasteiger partial charge >= 0.3 is 5.97 Å². The fourth-order valence-electron chi connectivity index (χ4n) is 3.49. The van der Waals surface area contributed by atoms with Gasteiger partial charge in [0, 0.05) is 48.8 Å². The molecule has 0 radical (unpaired) electrons. The highest BCUT2D eigenvalue weighted by atomic mass is 127. The number of aromatic nitrogens is 1. The summed E-state index contributed by atoms with van der Waals surface area (Å²) in [6.45, 7) is 2.40. The number of esters is 1. The molecule has 1 saturated heterocycles. The van der Waals surface area contributed by atoms with Crippen LogP contribution < -0.4 is 5.32 Å². The van der Waals surface area contributed by atoms with E-state index in [1.807, 2.05) is 24.4 Å². The van der Waals surface area contributed by atoms with E-state index in [1.165, 1.54) is 12.7 Å². The number of guanidine groups is 1. The van der Waals surface area contributed by atoms with Gasteiger partial charge in [0.25, 0.3) is 0 Å². The number of methoxy groups -OCH3 is 1. The standard InChI is InChI=1S/C19H25ClN4O2.HI/c1-21-19(24-9-6-13(7-10-24)18(25)26-2)22-8-5-14-12-23-17-4-3-15(20)11-16(14)17;/h3-4,11-13,23H,5-10H2,1-2H3,(H,21,22);1H. The number of rotatable bonds is 4. The maximum absolute atomic E-state index is 11.6. The summed E-state index contributed by atoms with van der Waals surface area (Å²) < 4.78 is 4.85. The number of aliphatic imine (C=N–C) groups is 1. The van der Waals surface area contributed by atoms with Gasteiger partial charge in [-0.25, -0.2) is 0 Å². The van der Waals surface area contributed by atoms with Gasteiger partial charge in [-0.05, 0) is 43.0 Å². The zero-order chi connectivity index (χ0) is 18.5. The summed E-state index contributed by atoms with van der Waals surface area (Å²) in [5, 5.41) is 5.33. The third-order valence-electron chi connectivity index (χ3n) is 4.95. The Bertz CT molecular complexity index is 800. The van der Waals surface area contributed by atoms with Crippen LogP contribution in [0.1, 0.15) is 18.4 Å². The van der Waals surface area contributed by atoms with Crippen LogP contribution in [-0.4, -0.2) is 55.6 Å². The number of hydrogen-bond donors (Lipinski definition) is 2. The Labute approximate surface area is 181 Å². The number of carbonyl (C=O) groups is 1. The predicted molar refractivity (Wildman–Crippen MR) is 120 cm³/mol. The van der Waals surface area contributed by atoms with E-state index in [0.717, 1.165) is 60.8 Å². The molecule has 2 N–H and O–H groups in total. The molecule has 0 amide bonds. The maximum Gasteiger partial charge on any atom is 0.308 e. The lowest BCUT2D eigenvalue weighted by Gasteiger charge is -2.33. The van der Waals surface area contributed by atoms with Gasteiger partial charge in [0.05, 0.1) is 13.0 Å². The van der Waals surface area contributed by atoms with Crippen molar-refractivity contribution in [3.8, 4) is 0 Å². The highest BCUT2D eigenvalue weighted by Gasteiger charge is 2.26. The summed E-state index contributed by atoms with van der Waals surface area (Å²) in [6.07, 6.45) is 4.51. The first kappa shape index (κ1) is 21.8. The highest BCUT2D eigenvalue weighted by Crippen LogP contribution is 2.22. The number of fused-ring (bicyclic) bond motifs is 1. The zero-order valence-corrected chi connectivity index (χ0v) is 18.7. The number of hydrogen-bond acceptors (Lipinski definition) is 3. The van der Waals surface area contributed by atoms with E-state index in [0.29, 0.717) is 0 Å². The van der Waals surface area contributed by atoms with Gasteiger partial charge in [-0.2, -0.15) is 0 Å². The van der Waals surface area contributed by atoms with E-state index in [9.17, 15) is 4.79 Å². The van der Waals surface area contributed by atoms with Crippen LogP contribution in [0.3, 0.4) is 0 Å². The van der Waals surface area contributed by atoms with Crippen molar-refractivity contribution in [1.82, 2.24) is 15.2 Å². The van der Waals surface area contributed by atoms with E-state index in [2.05, 4.69) is 20.2 Å². The fourth-order valence-corrected chi connectivity index (χ4v) is 3.66. The smallest absolute Gasteiger partial charge is 0.308 e. The molecule has 0 unspecified atom stereocenters. The van der Waals surface area contributed by atoms with Crippen molar-refractivity contribution in [2.24, 2.45) is 10.9 Å². The Balaban J connectivity index is 0.00000261. The molecule has 3 rings (SSSR count). The number of benzene rings is 1. The van der Waals surface area contributed by atoms with Gasteiger partial charge in [0.15, 0.2) is 5.96 Å². The molecule has 6 nitrogen and oxygen atoms in total. The molecule has 2 aromatic rings. The summed E-state index contributed by atoms with van der Waals surface area (Å²) in [6, 6.07) is 5.89. The molecular weight excluding hydrogens is 479 g/mol. The molecule has 1 aromatic heterocycles. The minimum Gasteiger partial charge on any atom is -0.469 e. The SMILES string of the molecule is CN=C(NCCc1c[nH]c2ccc(Cl)cc12)N1CCC(C(=O)OC)CC1.I. The fraction of sp³-hybridized carbons (Fsp3) is 0.474. The molecular formula is C19H26ClIN4O2. The Morgan fingerprint density at radius 1 is 1.41 bits per heavy atom. The molecule has 8 heteroatoms. The number of nitrogens with one attached hydrogen (secondary N) is 2. The minimum absolute atomic E-state index is 0. The van der Waals surface area contributed by atoms with Crippen LogP contribution in [-0.2, 0) is 16.0 Å². The van der Waals surface area contributed by atoms with Gasteiger partial charge < -0.3 is 19.9 Å². The van der Waals surface area contributed by atoms with Gasteiger partial charge in [-0.1, -0.05) is 11.6 Å². The number of halogens is 2. The van der Waals surface area contributed by atoms with Crippen molar-refractivity contribution < 1.29 is 9.53 Å². The molecule has 1 fully saturated rings. The monoisotopic (exact) mass is 504 g/mol. The van der Waals surface area contributed by atoms with Crippen molar-refractivity contribution in [3.63, 3.8) is 0 Å². The second kappa shape index (κ2) is 10.2. The van der Waals surface area contributed by atoms with E-state index < -0.39 is 0 Å². The van der Waals surface area contributed by atoms with Crippen molar-refractivity contribution in [2.75, 3.05) is 33.8 Å². The van der Waals surface area contributed by atoms with Crippen molar-refractivity contribution in [2.45, 2.75) is 19.3 Å². The van der Waals surface area contributed by atoms with Crippen LogP contribution in [0.4, 0.5) is 0 Å². The molecule has 2 heterocycles. The van der Waals surface area contributed by atoms with E-state index in [1.54, 1.807) is 7.05 Å². The van der Waals surface area contributed by atoms with Gasteiger partial charge in [0.2, 0.25) is 0 Å². The molecule has 1 aromatic carbocycles. The zero-order valence-electron chi connectivity index (χ0n) is 15.6. The number of nitrogens with zero attached hydrogens (tertiary/aromatic N) is 2. The Morgan fingerprint density at radius 3 is 2.81 bits per heavy atom. The quantitative estimate of drug-likeness (QED) is 0.290. The summed E-state index contributed by atoms with van der Waals surface area (Å²) in [4.78, 5) is 21.5. The molecule has 27 heavy (non-hydrogen) atoms. The number of likely N-dealkylation sites (tertiary alicyclic amines) is 1. The van der Waals surface area contributed by atoms with Gasteiger partial charge in [-0.15, -0.1) is 24.0 Å². The lowest BCUT2D eigenvalue weighted by molar-refractivity contribution is -0.146. The summed E-state index contributed by atoms with van der Waals surface area (Å²) in [5.74, 6) is 0.780. The third kappa shape index (κ3) is 5.28. The molecule has 0 atom stereocenters. The molecule has 0 aliphatic carbocycles. The van der Waals surface area contributed by atoms with Crippen LogP contribution in [0.25, 0.3) is 10.9 Å². The molecule has 0 spiro atoms. The topological polar surface area (TPSA) is 69.7 Å². The second-order valence-electron chi connectivity index (χ2n) is 6.51. The van der Waals surface area contributed by atoms with Crippen molar-refractivity contribution in [1.29, 1.82) is 0 Å². The highest BCUT2D eigenvalue weighted by molar-refractivity contribution is 14.0. The molecule has 1 aliphatic heterocycles.